The molecular weight excluding hydrogens is 390 g/mol. The molecule has 29 heavy (non-hydrogen) atoms. The number of halogens is 1. The fourth-order valence-electron chi connectivity index (χ4n) is 5.92. The fourth-order valence-corrected chi connectivity index (χ4v) is 6.11. The van der Waals surface area contributed by atoms with E-state index in [4.69, 9.17) is 11.6 Å². The van der Waals surface area contributed by atoms with Crippen molar-refractivity contribution < 1.29 is 14.4 Å². The summed E-state index contributed by atoms with van der Waals surface area (Å²) in [5, 5.41) is 3.53. The largest absolute Gasteiger partial charge is 0.356 e. The summed E-state index contributed by atoms with van der Waals surface area (Å²) in [5.74, 6) is 1.69. The van der Waals surface area contributed by atoms with Crippen LogP contribution in [0.5, 0.6) is 0 Å². The molecule has 4 aliphatic carbocycles. The number of carbonyl (C=O) groups excluding carboxylic acids is 3. The minimum atomic E-state index is -0.420. The highest BCUT2D eigenvalue weighted by Crippen LogP contribution is 2.60. The summed E-state index contributed by atoms with van der Waals surface area (Å²) < 4.78 is 0. The minimum absolute atomic E-state index is 0.151. The van der Waals surface area contributed by atoms with Crippen LogP contribution in [0.4, 0.5) is 0 Å². The van der Waals surface area contributed by atoms with E-state index in [1.54, 1.807) is 18.2 Å². The molecule has 6 nitrogen and oxygen atoms in total. The van der Waals surface area contributed by atoms with E-state index >= 15 is 0 Å². The van der Waals surface area contributed by atoms with Gasteiger partial charge in [0.1, 0.15) is 0 Å². The Morgan fingerprint density at radius 2 is 1.66 bits per heavy atom. The minimum Gasteiger partial charge on any atom is -0.356 e. The van der Waals surface area contributed by atoms with Crippen LogP contribution in [0.15, 0.2) is 24.3 Å². The molecule has 4 saturated carbocycles. The van der Waals surface area contributed by atoms with Crippen LogP contribution >= 0.6 is 11.6 Å². The average molecular weight is 418 g/mol. The van der Waals surface area contributed by atoms with E-state index in [2.05, 4.69) is 16.2 Å². The summed E-state index contributed by atoms with van der Waals surface area (Å²) in [4.78, 5) is 36.8. The summed E-state index contributed by atoms with van der Waals surface area (Å²) in [7, 11) is 0. The predicted octanol–water partition coefficient (Wildman–Crippen LogP) is 3.21. The third-order valence-corrected chi connectivity index (χ3v) is 7.02. The third-order valence-electron chi connectivity index (χ3n) is 6.79. The number of hydrogen-bond donors (Lipinski definition) is 3. The molecule has 0 unspecified atom stereocenters. The monoisotopic (exact) mass is 417 g/mol. The second-order valence-corrected chi connectivity index (χ2v) is 9.51. The van der Waals surface area contributed by atoms with Crippen molar-refractivity contribution in [3.63, 3.8) is 0 Å². The number of benzene rings is 1. The van der Waals surface area contributed by atoms with Gasteiger partial charge in [0.05, 0.1) is 0 Å². The Labute approximate surface area is 176 Å². The van der Waals surface area contributed by atoms with E-state index in [1.807, 2.05) is 0 Å². The van der Waals surface area contributed by atoms with Crippen molar-refractivity contribution in [2.75, 3.05) is 6.54 Å². The van der Waals surface area contributed by atoms with Crippen molar-refractivity contribution >= 4 is 29.3 Å². The first-order chi connectivity index (χ1) is 13.9. The molecule has 5 rings (SSSR count). The van der Waals surface area contributed by atoms with Crippen LogP contribution in [0.1, 0.15) is 61.7 Å². The highest BCUT2D eigenvalue weighted by molar-refractivity contribution is 6.30. The lowest BCUT2D eigenvalue weighted by Crippen LogP contribution is -2.53. The van der Waals surface area contributed by atoms with Gasteiger partial charge in [-0.3, -0.25) is 25.2 Å². The van der Waals surface area contributed by atoms with Gasteiger partial charge in [-0.25, -0.2) is 0 Å². The first-order valence-corrected chi connectivity index (χ1v) is 10.9. The predicted molar refractivity (Wildman–Crippen MR) is 110 cm³/mol. The quantitative estimate of drug-likeness (QED) is 0.490. The number of nitrogens with one attached hydrogen (secondary N) is 3. The van der Waals surface area contributed by atoms with Crippen LogP contribution in [0.2, 0.25) is 5.02 Å². The summed E-state index contributed by atoms with van der Waals surface area (Å²) in [5.41, 5.74) is 5.01. The maximum absolute atomic E-state index is 12.9. The van der Waals surface area contributed by atoms with Gasteiger partial charge in [0.25, 0.3) is 5.91 Å². The topological polar surface area (TPSA) is 87.3 Å². The SMILES string of the molecule is O=C(CCCNC(=O)C12CC3CC(CC(C3)C1)C2)NNC(=O)c1cccc(Cl)c1. The van der Waals surface area contributed by atoms with Gasteiger partial charge in [0.2, 0.25) is 11.8 Å². The molecule has 0 atom stereocenters. The zero-order valence-electron chi connectivity index (χ0n) is 16.5. The van der Waals surface area contributed by atoms with Crippen molar-refractivity contribution in [1.29, 1.82) is 0 Å². The van der Waals surface area contributed by atoms with E-state index in [1.165, 1.54) is 25.3 Å². The van der Waals surface area contributed by atoms with Gasteiger partial charge in [0, 0.05) is 29.0 Å². The molecule has 1 aromatic rings. The van der Waals surface area contributed by atoms with Crippen LogP contribution in [-0.4, -0.2) is 24.3 Å². The zero-order valence-corrected chi connectivity index (χ0v) is 17.3. The third kappa shape index (κ3) is 4.58. The molecule has 0 saturated heterocycles. The second-order valence-electron chi connectivity index (χ2n) is 9.07. The van der Waals surface area contributed by atoms with Crippen molar-refractivity contribution in [2.45, 2.75) is 51.4 Å². The molecule has 4 fully saturated rings. The highest BCUT2D eigenvalue weighted by atomic mass is 35.5. The smallest absolute Gasteiger partial charge is 0.269 e. The van der Waals surface area contributed by atoms with Gasteiger partial charge in [-0.1, -0.05) is 17.7 Å². The lowest BCUT2D eigenvalue weighted by atomic mass is 9.49. The Morgan fingerprint density at radius 1 is 1.00 bits per heavy atom. The highest BCUT2D eigenvalue weighted by Gasteiger charge is 2.54. The average Bonchev–Trinajstić information content (AvgIpc) is 2.68. The molecule has 0 heterocycles. The maximum atomic E-state index is 12.9. The second kappa shape index (κ2) is 8.34. The van der Waals surface area contributed by atoms with E-state index in [9.17, 15) is 14.4 Å². The van der Waals surface area contributed by atoms with Crippen LogP contribution in [-0.2, 0) is 9.59 Å². The van der Waals surface area contributed by atoms with E-state index in [0.717, 1.165) is 37.0 Å². The van der Waals surface area contributed by atoms with E-state index in [0.29, 0.717) is 23.6 Å². The van der Waals surface area contributed by atoms with Gasteiger partial charge in [-0.15, -0.1) is 0 Å². The molecule has 0 radical (unpaired) electrons. The number of amides is 3. The lowest BCUT2D eigenvalue weighted by molar-refractivity contribution is -0.146. The van der Waals surface area contributed by atoms with Crippen molar-refractivity contribution in [1.82, 2.24) is 16.2 Å². The lowest BCUT2D eigenvalue weighted by Gasteiger charge is -2.55. The molecule has 3 N–H and O–H groups in total. The summed E-state index contributed by atoms with van der Waals surface area (Å²) in [6, 6.07) is 6.50. The van der Waals surface area contributed by atoms with Gasteiger partial charge >= 0.3 is 0 Å². The van der Waals surface area contributed by atoms with E-state index < -0.39 is 5.91 Å². The van der Waals surface area contributed by atoms with Crippen molar-refractivity contribution in [3.05, 3.63) is 34.9 Å². The van der Waals surface area contributed by atoms with E-state index in [-0.39, 0.29) is 23.7 Å². The summed E-state index contributed by atoms with van der Waals surface area (Å²) in [6.07, 6.45) is 7.84. The molecular formula is C22H28ClN3O3. The Hall–Kier alpha value is -2.08. The Morgan fingerprint density at radius 3 is 2.28 bits per heavy atom. The number of rotatable bonds is 6. The molecule has 0 aliphatic heterocycles. The van der Waals surface area contributed by atoms with Gasteiger partial charge in [-0.05, 0) is 80.9 Å². The van der Waals surface area contributed by atoms with Gasteiger partial charge < -0.3 is 5.32 Å². The molecule has 0 spiro atoms. The molecule has 1 aromatic carbocycles. The first-order valence-electron chi connectivity index (χ1n) is 10.6. The summed E-state index contributed by atoms with van der Waals surface area (Å²) >= 11 is 5.86. The van der Waals surface area contributed by atoms with Crippen LogP contribution in [0.25, 0.3) is 0 Å². The van der Waals surface area contributed by atoms with Gasteiger partial charge in [0.15, 0.2) is 0 Å². The molecule has 4 bridgehead atoms. The number of hydrogen-bond acceptors (Lipinski definition) is 3. The molecule has 0 aromatic heterocycles. The van der Waals surface area contributed by atoms with Crippen LogP contribution < -0.4 is 16.2 Å². The van der Waals surface area contributed by atoms with Crippen molar-refractivity contribution in [3.8, 4) is 0 Å². The maximum Gasteiger partial charge on any atom is 0.269 e. The Bertz CT molecular complexity index is 775. The zero-order chi connectivity index (χ0) is 20.4. The standard InChI is InChI=1S/C22H28ClN3O3/c23-18-4-1-3-17(10-18)20(28)26-25-19(27)5-2-6-24-21(29)22-11-14-7-15(12-22)9-16(8-14)13-22/h1,3-4,10,14-16H,2,5-9,11-13H2,(H,24,29)(H,25,27)(H,26,28). The summed E-state index contributed by atoms with van der Waals surface area (Å²) in [6.45, 7) is 0.482. The number of hydrazine groups is 1. The Kier molecular flexibility index (Phi) is 5.81. The van der Waals surface area contributed by atoms with Crippen LogP contribution in [0.3, 0.4) is 0 Å². The molecule has 156 valence electrons. The number of carbonyl (C=O) groups is 3. The van der Waals surface area contributed by atoms with Gasteiger partial charge in [-0.2, -0.15) is 0 Å². The first kappa shape index (κ1) is 20.2. The normalized spacial score (nSPS) is 29.3. The van der Waals surface area contributed by atoms with Crippen LogP contribution in [0, 0.1) is 23.2 Å². The Balaban J connectivity index is 1.16. The molecule has 3 amide bonds. The molecule has 7 heteroatoms. The fraction of sp³-hybridized carbons (Fsp3) is 0.591. The molecule has 4 aliphatic rings. The van der Waals surface area contributed by atoms with Crippen molar-refractivity contribution in [2.24, 2.45) is 23.2 Å².